The van der Waals surface area contributed by atoms with Gasteiger partial charge in [-0.3, -0.25) is 9.33 Å². The maximum absolute atomic E-state index is 11.7. The van der Waals surface area contributed by atoms with Crippen molar-refractivity contribution in [3.05, 3.63) is 0 Å². The maximum atomic E-state index is 11.7. The van der Waals surface area contributed by atoms with Crippen molar-refractivity contribution in [1.29, 1.82) is 0 Å². The topological polar surface area (TPSA) is 26.3 Å². The molecule has 5 heteroatoms. The molecule has 0 fully saturated rings. The minimum Gasteiger partial charge on any atom is -0.255 e. The Labute approximate surface area is 83.0 Å². The number of hydrogen-bond acceptors (Lipinski definition) is 2. The molecular weight excluding hydrogens is 202 g/mol. The van der Waals surface area contributed by atoms with Gasteiger partial charge in [-0.2, -0.15) is 0 Å². The van der Waals surface area contributed by atoms with Gasteiger partial charge in [0.25, 0.3) is 0 Å². The fraction of sp³-hybridized carbons (Fsp3) is 0.875. The van der Waals surface area contributed by atoms with Gasteiger partial charge < -0.3 is 0 Å². The third-order valence-electron chi connectivity index (χ3n) is 1.77. The first-order valence-electron chi connectivity index (χ1n) is 4.08. The molecule has 0 aromatic heterocycles. The fourth-order valence-corrected chi connectivity index (χ4v) is 0.964. The summed E-state index contributed by atoms with van der Waals surface area (Å²) in [6.07, 6.45) is 1.88. The molecule has 0 aliphatic heterocycles. The third-order valence-corrected chi connectivity index (χ3v) is 1.77. The number of halogens is 3. The lowest BCUT2D eigenvalue weighted by Gasteiger charge is -2.06. The molecule has 0 aliphatic carbocycles. The van der Waals surface area contributed by atoms with Gasteiger partial charge in [-0.25, -0.2) is 4.79 Å². The van der Waals surface area contributed by atoms with Crippen molar-refractivity contribution in [3.63, 3.8) is 0 Å². The van der Waals surface area contributed by atoms with Crippen LogP contribution in [-0.2, 0) is 9.74 Å². The highest BCUT2D eigenvalue weighted by Gasteiger charge is 2.05. The van der Waals surface area contributed by atoms with Gasteiger partial charge in [0.05, 0.1) is 6.67 Å². The van der Waals surface area contributed by atoms with Gasteiger partial charge in [0.1, 0.15) is 0 Å². The SMILES string of the molecule is CC(CCF)CCCC(=O)OF.Cl. The Hall–Kier alpha value is -0.380. The monoisotopic (exact) mass is 216 g/mol. The summed E-state index contributed by atoms with van der Waals surface area (Å²) >= 11 is 0. The van der Waals surface area contributed by atoms with Crippen LogP contribution in [-0.4, -0.2) is 12.6 Å². The second-order valence-electron chi connectivity index (χ2n) is 2.92. The molecule has 0 bridgehead atoms. The summed E-state index contributed by atoms with van der Waals surface area (Å²) in [5.41, 5.74) is 0. The highest BCUT2D eigenvalue weighted by molar-refractivity contribution is 5.85. The predicted octanol–water partition coefficient (Wildman–Crippen LogP) is 3.00. The highest BCUT2D eigenvalue weighted by atomic mass is 35.5. The molecule has 0 aromatic rings. The van der Waals surface area contributed by atoms with Gasteiger partial charge in [-0.05, 0) is 18.8 Å². The number of carbonyl (C=O) groups is 1. The van der Waals surface area contributed by atoms with Gasteiger partial charge in [-0.1, -0.05) is 13.3 Å². The average molecular weight is 217 g/mol. The molecule has 0 aliphatic rings. The quantitative estimate of drug-likeness (QED) is 0.682. The van der Waals surface area contributed by atoms with E-state index in [4.69, 9.17) is 0 Å². The van der Waals surface area contributed by atoms with E-state index in [1.807, 2.05) is 6.92 Å². The van der Waals surface area contributed by atoms with Crippen LogP contribution >= 0.6 is 12.4 Å². The maximum Gasteiger partial charge on any atom is 0.348 e. The molecule has 0 N–H and O–H groups in total. The molecule has 1 atom stereocenters. The van der Waals surface area contributed by atoms with Crippen molar-refractivity contribution in [2.24, 2.45) is 5.92 Å². The van der Waals surface area contributed by atoms with Crippen LogP contribution in [0, 0.1) is 5.92 Å². The second-order valence-corrected chi connectivity index (χ2v) is 2.92. The van der Waals surface area contributed by atoms with Gasteiger partial charge in [0.2, 0.25) is 0 Å². The van der Waals surface area contributed by atoms with E-state index in [9.17, 15) is 13.7 Å². The van der Waals surface area contributed by atoms with E-state index in [1.54, 1.807) is 0 Å². The minimum atomic E-state index is -0.845. The second kappa shape index (κ2) is 9.71. The number of rotatable bonds is 6. The van der Waals surface area contributed by atoms with E-state index >= 15 is 0 Å². The van der Waals surface area contributed by atoms with Crippen LogP contribution in [0.1, 0.15) is 32.6 Å². The van der Waals surface area contributed by atoms with Gasteiger partial charge in [-0.15, -0.1) is 12.4 Å². The molecule has 0 amide bonds. The zero-order valence-corrected chi connectivity index (χ0v) is 8.41. The largest absolute Gasteiger partial charge is 0.348 e. The minimum absolute atomic E-state index is 0. The summed E-state index contributed by atoms with van der Waals surface area (Å²) in [5, 5.41) is 0. The fourth-order valence-electron chi connectivity index (χ4n) is 0.964. The predicted molar refractivity (Wildman–Crippen MR) is 48.1 cm³/mol. The van der Waals surface area contributed by atoms with Crippen LogP contribution in [0.2, 0.25) is 0 Å². The van der Waals surface area contributed by atoms with Gasteiger partial charge in [0.15, 0.2) is 0 Å². The van der Waals surface area contributed by atoms with Crippen molar-refractivity contribution in [1.82, 2.24) is 0 Å². The van der Waals surface area contributed by atoms with Crippen molar-refractivity contribution < 1.29 is 18.7 Å². The zero-order chi connectivity index (χ0) is 9.40. The smallest absolute Gasteiger partial charge is 0.255 e. The average Bonchev–Trinajstić information content (AvgIpc) is 2.04. The summed E-state index contributed by atoms with van der Waals surface area (Å²) < 4.78 is 22.9. The summed E-state index contributed by atoms with van der Waals surface area (Å²) in [7, 11) is 0. The summed E-state index contributed by atoms with van der Waals surface area (Å²) in [4.78, 5) is 13.3. The Balaban J connectivity index is 0. The first-order valence-corrected chi connectivity index (χ1v) is 4.08. The highest BCUT2D eigenvalue weighted by Crippen LogP contribution is 2.12. The van der Waals surface area contributed by atoms with Gasteiger partial charge >= 0.3 is 5.97 Å². The van der Waals surface area contributed by atoms with E-state index in [2.05, 4.69) is 4.94 Å². The zero-order valence-electron chi connectivity index (χ0n) is 7.59. The lowest BCUT2D eigenvalue weighted by molar-refractivity contribution is -0.183. The number of hydrogen-bond donors (Lipinski definition) is 0. The Bertz CT molecular complexity index is 133. The molecule has 1 unspecified atom stereocenters. The molecule has 0 rings (SSSR count). The molecule has 0 radical (unpaired) electrons. The van der Waals surface area contributed by atoms with E-state index < -0.39 is 5.97 Å². The molecule has 0 aromatic carbocycles. The van der Waals surface area contributed by atoms with Crippen LogP contribution in [0.4, 0.5) is 8.92 Å². The van der Waals surface area contributed by atoms with E-state index in [1.165, 1.54) is 0 Å². The Morgan fingerprint density at radius 2 is 2.08 bits per heavy atom. The molecule has 0 spiro atoms. The van der Waals surface area contributed by atoms with Crippen LogP contribution < -0.4 is 0 Å². The van der Waals surface area contributed by atoms with Crippen molar-refractivity contribution >= 4 is 18.4 Å². The van der Waals surface area contributed by atoms with Crippen LogP contribution in [0.3, 0.4) is 0 Å². The lowest BCUT2D eigenvalue weighted by Crippen LogP contribution is -2.00. The van der Waals surface area contributed by atoms with Crippen LogP contribution in [0.15, 0.2) is 0 Å². The summed E-state index contributed by atoms with van der Waals surface area (Å²) in [6, 6.07) is 0. The molecule has 13 heavy (non-hydrogen) atoms. The Morgan fingerprint density at radius 1 is 1.46 bits per heavy atom. The number of carbonyl (C=O) groups excluding carboxylic acids is 1. The van der Waals surface area contributed by atoms with Gasteiger partial charge in [0, 0.05) is 10.9 Å². The van der Waals surface area contributed by atoms with Crippen molar-refractivity contribution in [2.75, 3.05) is 6.67 Å². The third kappa shape index (κ3) is 9.53. The molecule has 0 heterocycles. The van der Waals surface area contributed by atoms with Crippen LogP contribution in [0.5, 0.6) is 0 Å². The molecule has 80 valence electrons. The van der Waals surface area contributed by atoms with Crippen LogP contribution in [0.25, 0.3) is 0 Å². The first kappa shape index (κ1) is 15.1. The van der Waals surface area contributed by atoms with E-state index in [0.29, 0.717) is 12.8 Å². The summed E-state index contributed by atoms with van der Waals surface area (Å²) in [5.74, 6) is -0.593. The van der Waals surface area contributed by atoms with Crippen molar-refractivity contribution in [2.45, 2.75) is 32.6 Å². The molecule has 2 nitrogen and oxygen atoms in total. The molecule has 0 saturated heterocycles. The summed E-state index contributed by atoms with van der Waals surface area (Å²) in [6.45, 7) is 1.56. The molecule has 0 saturated carbocycles. The first-order chi connectivity index (χ1) is 5.70. The Kier molecular flexibility index (Phi) is 11.3. The Morgan fingerprint density at radius 3 is 2.54 bits per heavy atom. The lowest BCUT2D eigenvalue weighted by atomic mass is 10.0. The standard InChI is InChI=1S/C8H14F2O2.ClH/c1-7(5-6-9)3-2-4-8(11)12-10;/h7H,2-6H2,1H3;1H. The molecular formula is C8H15ClF2O2. The number of alkyl halides is 1. The van der Waals surface area contributed by atoms with E-state index in [0.717, 1.165) is 6.42 Å². The normalized spacial score (nSPS) is 11.6. The van der Waals surface area contributed by atoms with Crippen molar-refractivity contribution in [3.8, 4) is 0 Å². The van der Waals surface area contributed by atoms with E-state index in [-0.39, 0.29) is 31.4 Å².